The van der Waals surface area contributed by atoms with E-state index in [-0.39, 0.29) is 11.6 Å². The van der Waals surface area contributed by atoms with Gasteiger partial charge in [-0.3, -0.25) is 9.69 Å². The van der Waals surface area contributed by atoms with Crippen LogP contribution in [0.25, 0.3) is 11.3 Å². The first-order chi connectivity index (χ1) is 13.5. The van der Waals surface area contributed by atoms with Crippen LogP contribution in [-0.2, 0) is 4.79 Å². The molecule has 0 spiro atoms. The summed E-state index contributed by atoms with van der Waals surface area (Å²) in [6.45, 7) is 6.43. The van der Waals surface area contributed by atoms with Gasteiger partial charge in [0.25, 0.3) is 0 Å². The number of carbonyl (C=O) groups is 1. The first kappa shape index (κ1) is 20.0. The number of carbonyl (C=O) groups excluding carboxylic acids is 1. The molecule has 0 unspecified atom stereocenters. The number of aromatic nitrogens is 1. The Hall–Kier alpha value is -2.73. The van der Waals surface area contributed by atoms with Crippen LogP contribution in [0.4, 0.5) is 15.2 Å². The molecule has 1 aromatic heterocycles. The van der Waals surface area contributed by atoms with E-state index in [4.69, 9.17) is 9.72 Å². The first-order valence-corrected chi connectivity index (χ1v) is 10.1. The Morgan fingerprint density at radius 2 is 1.86 bits per heavy atom. The Labute approximate surface area is 168 Å². The number of aryl methyl sites for hydroxylation is 1. The van der Waals surface area contributed by atoms with Gasteiger partial charge in [-0.1, -0.05) is 19.1 Å². The summed E-state index contributed by atoms with van der Waals surface area (Å²) in [5.74, 6) is 0.187. The number of para-hydroxylation sites is 1. The smallest absolute Gasteiger partial charge is 0.233 e. The molecule has 0 atom stereocenters. The van der Waals surface area contributed by atoms with E-state index in [1.54, 1.807) is 18.2 Å². The Morgan fingerprint density at radius 1 is 1.14 bits per heavy atom. The molecule has 28 heavy (non-hydrogen) atoms. The number of ether oxygens (including phenoxy) is 1. The molecule has 0 aliphatic rings. The number of halogens is 1. The molecule has 6 heteroatoms. The molecule has 2 aromatic carbocycles. The topological polar surface area (TPSA) is 42.4 Å². The monoisotopic (exact) mass is 398 g/mol. The van der Waals surface area contributed by atoms with Gasteiger partial charge in [-0.15, -0.1) is 11.3 Å². The summed E-state index contributed by atoms with van der Waals surface area (Å²) < 4.78 is 19.9. The van der Waals surface area contributed by atoms with Gasteiger partial charge >= 0.3 is 0 Å². The van der Waals surface area contributed by atoms with Gasteiger partial charge in [-0.05, 0) is 56.7 Å². The minimum Gasteiger partial charge on any atom is -0.494 e. The van der Waals surface area contributed by atoms with Crippen molar-refractivity contribution in [3.8, 4) is 17.0 Å². The van der Waals surface area contributed by atoms with Crippen molar-refractivity contribution in [1.29, 1.82) is 0 Å². The average Bonchev–Trinajstić information content (AvgIpc) is 3.06. The predicted molar refractivity (Wildman–Crippen MR) is 112 cm³/mol. The minimum atomic E-state index is -0.442. The molecule has 0 N–H and O–H groups in total. The lowest BCUT2D eigenvalue weighted by molar-refractivity contribution is -0.117. The summed E-state index contributed by atoms with van der Waals surface area (Å²) in [5.41, 5.74) is 1.95. The molecular weight excluding hydrogens is 375 g/mol. The van der Waals surface area contributed by atoms with Crippen molar-refractivity contribution < 1.29 is 13.9 Å². The molecule has 3 rings (SSSR count). The third-order valence-electron chi connectivity index (χ3n) is 4.22. The van der Waals surface area contributed by atoms with Crippen molar-refractivity contribution in [2.45, 2.75) is 33.6 Å². The SMILES string of the molecule is CCCC(=O)N(c1nc(-c2ccc(OCC)cc2)c(C)s1)c1ccccc1F. The molecule has 0 saturated carbocycles. The molecule has 0 radical (unpaired) electrons. The van der Waals surface area contributed by atoms with Crippen LogP contribution in [0, 0.1) is 12.7 Å². The van der Waals surface area contributed by atoms with E-state index in [1.807, 2.05) is 45.0 Å². The molecule has 3 aromatic rings. The number of benzene rings is 2. The quantitative estimate of drug-likeness (QED) is 0.481. The lowest BCUT2D eigenvalue weighted by Crippen LogP contribution is -2.26. The molecule has 1 heterocycles. The molecule has 0 aliphatic carbocycles. The normalized spacial score (nSPS) is 10.7. The van der Waals surface area contributed by atoms with Crippen LogP contribution in [0.15, 0.2) is 48.5 Å². The van der Waals surface area contributed by atoms with Gasteiger partial charge in [-0.2, -0.15) is 0 Å². The first-order valence-electron chi connectivity index (χ1n) is 9.33. The summed E-state index contributed by atoms with van der Waals surface area (Å²) in [7, 11) is 0. The van der Waals surface area contributed by atoms with Crippen molar-refractivity contribution >= 4 is 28.1 Å². The van der Waals surface area contributed by atoms with Gasteiger partial charge in [-0.25, -0.2) is 9.37 Å². The summed E-state index contributed by atoms with van der Waals surface area (Å²) in [6, 6.07) is 14.0. The van der Waals surface area contributed by atoms with Gasteiger partial charge in [0.2, 0.25) is 5.91 Å². The van der Waals surface area contributed by atoms with E-state index in [0.29, 0.717) is 24.6 Å². The summed E-state index contributed by atoms with van der Waals surface area (Å²) in [4.78, 5) is 19.8. The number of hydrogen-bond donors (Lipinski definition) is 0. The zero-order chi connectivity index (χ0) is 20.1. The van der Waals surface area contributed by atoms with E-state index in [0.717, 1.165) is 21.9 Å². The highest BCUT2D eigenvalue weighted by molar-refractivity contribution is 7.16. The zero-order valence-corrected chi connectivity index (χ0v) is 17.1. The molecule has 0 bridgehead atoms. The second kappa shape index (κ2) is 8.97. The number of amides is 1. The molecule has 146 valence electrons. The lowest BCUT2D eigenvalue weighted by atomic mass is 10.1. The number of thiazole rings is 1. The van der Waals surface area contributed by atoms with Crippen LogP contribution >= 0.6 is 11.3 Å². The Bertz CT molecular complexity index is 953. The highest BCUT2D eigenvalue weighted by Gasteiger charge is 2.24. The van der Waals surface area contributed by atoms with Gasteiger partial charge in [0.05, 0.1) is 18.0 Å². The third-order valence-corrected chi connectivity index (χ3v) is 5.18. The van der Waals surface area contributed by atoms with Crippen molar-refractivity contribution in [2.75, 3.05) is 11.5 Å². The van der Waals surface area contributed by atoms with Crippen LogP contribution in [0.5, 0.6) is 5.75 Å². The van der Waals surface area contributed by atoms with E-state index in [2.05, 4.69) is 0 Å². The fourth-order valence-corrected chi connectivity index (χ4v) is 3.89. The minimum absolute atomic E-state index is 0.167. The molecule has 0 aliphatic heterocycles. The van der Waals surface area contributed by atoms with Crippen molar-refractivity contribution in [1.82, 2.24) is 4.98 Å². The summed E-state index contributed by atoms with van der Waals surface area (Å²) in [6.07, 6.45) is 1.01. The van der Waals surface area contributed by atoms with Crippen LogP contribution in [0.2, 0.25) is 0 Å². The van der Waals surface area contributed by atoms with Gasteiger partial charge < -0.3 is 4.74 Å². The number of anilines is 2. The Morgan fingerprint density at radius 3 is 2.50 bits per heavy atom. The predicted octanol–water partition coefficient (Wildman–Crippen LogP) is 6.12. The van der Waals surface area contributed by atoms with E-state index >= 15 is 0 Å². The lowest BCUT2D eigenvalue weighted by Gasteiger charge is -2.20. The molecule has 0 saturated heterocycles. The second-order valence-electron chi connectivity index (χ2n) is 6.29. The van der Waals surface area contributed by atoms with Crippen molar-refractivity contribution in [3.05, 3.63) is 59.2 Å². The molecule has 1 amide bonds. The van der Waals surface area contributed by atoms with E-state index in [1.165, 1.54) is 22.3 Å². The fourth-order valence-electron chi connectivity index (χ4n) is 2.92. The maximum absolute atomic E-state index is 14.4. The highest BCUT2D eigenvalue weighted by atomic mass is 32.1. The van der Waals surface area contributed by atoms with Crippen molar-refractivity contribution in [3.63, 3.8) is 0 Å². The summed E-state index contributed by atoms with van der Waals surface area (Å²) >= 11 is 1.39. The van der Waals surface area contributed by atoms with Crippen LogP contribution in [0.3, 0.4) is 0 Å². The summed E-state index contributed by atoms with van der Waals surface area (Å²) in [5, 5.41) is 0.477. The largest absolute Gasteiger partial charge is 0.494 e. The van der Waals surface area contributed by atoms with Crippen molar-refractivity contribution in [2.24, 2.45) is 0 Å². The Balaban J connectivity index is 2.01. The van der Waals surface area contributed by atoms with Gasteiger partial charge in [0, 0.05) is 16.9 Å². The molecule has 0 fully saturated rings. The van der Waals surface area contributed by atoms with E-state index < -0.39 is 5.82 Å². The third kappa shape index (κ3) is 4.22. The molecular formula is C22H23FN2O2S. The number of rotatable bonds is 7. The highest BCUT2D eigenvalue weighted by Crippen LogP contribution is 2.37. The standard InChI is InChI=1S/C22H23FN2O2S/c1-4-8-20(26)25(19-10-7-6-9-18(19)23)22-24-21(15(3)28-22)16-11-13-17(14-12-16)27-5-2/h6-7,9-14H,4-5,8H2,1-3H3. The van der Waals surface area contributed by atoms with E-state index in [9.17, 15) is 9.18 Å². The number of nitrogens with zero attached hydrogens (tertiary/aromatic N) is 2. The fraction of sp³-hybridized carbons (Fsp3) is 0.273. The molecule has 4 nitrogen and oxygen atoms in total. The maximum atomic E-state index is 14.4. The second-order valence-corrected chi connectivity index (χ2v) is 7.47. The van der Waals surface area contributed by atoms with Crippen LogP contribution < -0.4 is 9.64 Å². The van der Waals surface area contributed by atoms with Crippen LogP contribution in [-0.4, -0.2) is 17.5 Å². The average molecular weight is 399 g/mol. The van der Waals surface area contributed by atoms with Gasteiger partial charge in [0.1, 0.15) is 11.6 Å². The zero-order valence-electron chi connectivity index (χ0n) is 16.2. The van der Waals surface area contributed by atoms with Gasteiger partial charge in [0.15, 0.2) is 5.13 Å². The number of hydrogen-bond acceptors (Lipinski definition) is 4. The maximum Gasteiger partial charge on any atom is 0.233 e. The van der Waals surface area contributed by atoms with Crippen LogP contribution in [0.1, 0.15) is 31.6 Å². The Kier molecular flexibility index (Phi) is 6.41.